The second-order valence-corrected chi connectivity index (χ2v) is 10.0. The number of aromatic nitrogens is 1. The molecule has 1 aromatic heterocycles. The zero-order chi connectivity index (χ0) is 25.0. The number of pyridine rings is 1. The number of hydrogen-bond donors (Lipinski definition) is 4. The largest absolute Gasteiger partial charge is 0.390 e. The van der Waals surface area contributed by atoms with Crippen LogP contribution in [-0.2, 0) is 0 Å². The number of anilines is 2. The number of nitrogens with one attached hydrogen (secondary N) is 3. The SMILES string of the molecule is CN1CCC(N(C)C(=O)c2ccc(NC(=N)/N=c3\[nH]cccc3N3CCC(C)(O)CC3)cc2)CC1. The number of nitrogens with zero attached hydrogens (tertiary/aromatic N) is 4. The molecule has 0 bridgehead atoms. The van der Waals surface area contributed by atoms with Crippen LogP contribution in [0, 0.1) is 5.41 Å². The minimum Gasteiger partial charge on any atom is -0.390 e. The zero-order valence-corrected chi connectivity index (χ0v) is 20.9. The number of rotatable bonds is 4. The summed E-state index contributed by atoms with van der Waals surface area (Å²) in [6.45, 7) is 5.36. The van der Waals surface area contributed by atoms with Gasteiger partial charge in [0.05, 0.1) is 11.3 Å². The first-order valence-corrected chi connectivity index (χ1v) is 12.3. The first-order chi connectivity index (χ1) is 16.7. The number of carbonyl (C=O) groups excluding carboxylic acids is 1. The van der Waals surface area contributed by atoms with Gasteiger partial charge in [0.1, 0.15) is 0 Å². The Balaban J connectivity index is 1.40. The van der Waals surface area contributed by atoms with Crippen molar-refractivity contribution in [3.05, 3.63) is 53.6 Å². The molecular weight excluding hydrogens is 442 g/mol. The van der Waals surface area contributed by atoms with E-state index in [0.29, 0.717) is 29.6 Å². The molecule has 4 rings (SSSR count). The third kappa shape index (κ3) is 6.29. The van der Waals surface area contributed by atoms with Crippen molar-refractivity contribution in [2.45, 2.75) is 44.2 Å². The van der Waals surface area contributed by atoms with Gasteiger partial charge >= 0.3 is 0 Å². The predicted octanol–water partition coefficient (Wildman–Crippen LogP) is 2.48. The molecule has 2 saturated heterocycles. The number of H-pyrrole nitrogens is 1. The Morgan fingerprint density at radius 2 is 1.83 bits per heavy atom. The molecule has 2 aromatic rings. The van der Waals surface area contributed by atoms with Crippen molar-refractivity contribution in [1.29, 1.82) is 5.41 Å². The van der Waals surface area contributed by atoms with E-state index in [2.05, 4.69) is 32.1 Å². The van der Waals surface area contributed by atoms with Gasteiger partial charge < -0.3 is 30.1 Å². The van der Waals surface area contributed by atoms with Crippen LogP contribution in [0.2, 0.25) is 0 Å². The van der Waals surface area contributed by atoms with Gasteiger partial charge in [-0.25, -0.2) is 0 Å². The summed E-state index contributed by atoms with van der Waals surface area (Å²) in [5.41, 5.74) is 2.21. The topological polar surface area (TPSA) is 111 Å². The minimum absolute atomic E-state index is 0.000209. The lowest BCUT2D eigenvalue weighted by atomic mass is 9.93. The monoisotopic (exact) mass is 479 g/mol. The average molecular weight is 480 g/mol. The number of piperidine rings is 2. The van der Waals surface area contributed by atoms with Gasteiger partial charge in [-0.3, -0.25) is 10.2 Å². The molecule has 0 radical (unpaired) electrons. The number of likely N-dealkylation sites (tertiary alicyclic amines) is 1. The minimum atomic E-state index is -0.629. The Hall–Kier alpha value is -3.17. The van der Waals surface area contributed by atoms with Gasteiger partial charge in [0.2, 0.25) is 5.96 Å². The summed E-state index contributed by atoms with van der Waals surface area (Å²) >= 11 is 0. The fourth-order valence-corrected chi connectivity index (χ4v) is 4.72. The predicted molar refractivity (Wildman–Crippen MR) is 139 cm³/mol. The maximum atomic E-state index is 12.9. The molecule has 0 saturated carbocycles. The molecule has 3 heterocycles. The van der Waals surface area contributed by atoms with Crippen LogP contribution in [0.4, 0.5) is 11.4 Å². The van der Waals surface area contributed by atoms with Crippen molar-refractivity contribution in [1.82, 2.24) is 14.8 Å². The molecule has 35 heavy (non-hydrogen) atoms. The maximum absolute atomic E-state index is 12.9. The maximum Gasteiger partial charge on any atom is 0.253 e. The first kappa shape index (κ1) is 24.9. The molecule has 188 valence electrons. The summed E-state index contributed by atoms with van der Waals surface area (Å²) in [5.74, 6) is 0.0233. The Kier molecular flexibility index (Phi) is 7.57. The highest BCUT2D eigenvalue weighted by Gasteiger charge is 2.28. The fourth-order valence-electron chi connectivity index (χ4n) is 4.72. The molecule has 4 N–H and O–H groups in total. The highest BCUT2D eigenvalue weighted by Crippen LogP contribution is 2.24. The molecule has 9 nitrogen and oxygen atoms in total. The van der Waals surface area contributed by atoms with Gasteiger partial charge in [-0.05, 0) is 89.1 Å². The van der Waals surface area contributed by atoms with Crippen molar-refractivity contribution >= 4 is 23.2 Å². The molecule has 0 atom stereocenters. The van der Waals surface area contributed by atoms with Crippen LogP contribution in [0.5, 0.6) is 0 Å². The lowest BCUT2D eigenvalue weighted by Gasteiger charge is -2.37. The summed E-state index contributed by atoms with van der Waals surface area (Å²) < 4.78 is 0. The first-order valence-electron chi connectivity index (χ1n) is 12.3. The lowest BCUT2D eigenvalue weighted by molar-refractivity contribution is 0.0351. The van der Waals surface area contributed by atoms with E-state index in [1.165, 1.54) is 0 Å². The Labute approximate surface area is 207 Å². The summed E-state index contributed by atoms with van der Waals surface area (Å²) in [6.07, 6.45) is 5.15. The van der Waals surface area contributed by atoms with Crippen LogP contribution in [0.1, 0.15) is 43.0 Å². The van der Waals surface area contributed by atoms with Gasteiger partial charge in [0.25, 0.3) is 5.91 Å². The summed E-state index contributed by atoms with van der Waals surface area (Å²) in [5, 5.41) is 21.6. The van der Waals surface area contributed by atoms with Gasteiger partial charge in [0, 0.05) is 43.6 Å². The number of aromatic amines is 1. The Morgan fingerprint density at radius 3 is 2.49 bits per heavy atom. The van der Waals surface area contributed by atoms with Crippen molar-refractivity contribution < 1.29 is 9.90 Å². The Bertz CT molecular complexity index is 1090. The van der Waals surface area contributed by atoms with Gasteiger partial charge in [-0.1, -0.05) is 0 Å². The van der Waals surface area contributed by atoms with Crippen molar-refractivity contribution in [2.24, 2.45) is 4.99 Å². The molecule has 9 heteroatoms. The van der Waals surface area contributed by atoms with E-state index in [1.54, 1.807) is 18.3 Å². The van der Waals surface area contributed by atoms with Crippen LogP contribution in [0.15, 0.2) is 47.6 Å². The molecule has 0 aliphatic carbocycles. The van der Waals surface area contributed by atoms with Crippen molar-refractivity contribution in [2.75, 3.05) is 50.5 Å². The average Bonchev–Trinajstić information content (AvgIpc) is 2.84. The smallest absolute Gasteiger partial charge is 0.253 e. The van der Waals surface area contributed by atoms with Gasteiger partial charge in [-0.15, -0.1) is 0 Å². The van der Waals surface area contributed by atoms with Crippen LogP contribution >= 0.6 is 0 Å². The zero-order valence-electron chi connectivity index (χ0n) is 20.9. The van der Waals surface area contributed by atoms with E-state index in [1.807, 2.05) is 43.1 Å². The van der Waals surface area contributed by atoms with E-state index in [-0.39, 0.29) is 17.9 Å². The fraction of sp³-hybridized carbons (Fsp3) is 0.500. The number of carbonyl (C=O) groups is 1. The Morgan fingerprint density at radius 1 is 1.17 bits per heavy atom. The second-order valence-electron chi connectivity index (χ2n) is 10.0. The normalized spacial score (nSPS) is 19.4. The molecule has 0 spiro atoms. The highest BCUT2D eigenvalue weighted by atomic mass is 16.3. The van der Waals surface area contributed by atoms with E-state index < -0.39 is 5.60 Å². The van der Waals surface area contributed by atoms with Crippen molar-refractivity contribution in [3.8, 4) is 0 Å². The third-order valence-corrected chi connectivity index (χ3v) is 7.17. The molecule has 2 aliphatic rings. The molecule has 1 aromatic carbocycles. The third-order valence-electron chi connectivity index (χ3n) is 7.17. The van der Waals surface area contributed by atoms with Gasteiger partial charge in [0.15, 0.2) is 5.49 Å². The van der Waals surface area contributed by atoms with Crippen LogP contribution < -0.4 is 15.7 Å². The van der Waals surface area contributed by atoms with Crippen molar-refractivity contribution in [3.63, 3.8) is 0 Å². The molecule has 2 fully saturated rings. The number of hydrogen-bond acceptors (Lipinski definition) is 5. The summed E-state index contributed by atoms with van der Waals surface area (Å²) in [6, 6.07) is 11.4. The standard InChI is InChI=1S/C26H37N7O2/c1-26(35)12-17-33(18-13-26)22-5-4-14-28-23(22)30-25(27)29-20-8-6-19(7-9-20)24(34)32(3)21-10-15-31(2)16-11-21/h4-9,14,21,35H,10-13,15-18H2,1-3H3,(H3,27,28,29,30). The van der Waals surface area contributed by atoms with E-state index in [4.69, 9.17) is 5.41 Å². The highest BCUT2D eigenvalue weighted by molar-refractivity contribution is 5.96. The molecule has 1 amide bonds. The molecule has 2 aliphatic heterocycles. The van der Waals surface area contributed by atoms with Gasteiger partial charge in [-0.2, -0.15) is 4.99 Å². The summed E-state index contributed by atoms with van der Waals surface area (Å²) in [4.78, 5) is 26.9. The van der Waals surface area contributed by atoms with Crippen LogP contribution in [0.25, 0.3) is 0 Å². The summed E-state index contributed by atoms with van der Waals surface area (Å²) in [7, 11) is 4.00. The quantitative estimate of drug-likeness (QED) is 0.398. The number of benzene rings is 1. The van der Waals surface area contributed by atoms with E-state index in [0.717, 1.165) is 44.7 Å². The van der Waals surface area contributed by atoms with Crippen LogP contribution in [-0.4, -0.2) is 83.7 Å². The van der Waals surface area contributed by atoms with E-state index >= 15 is 0 Å². The van der Waals surface area contributed by atoms with E-state index in [9.17, 15) is 9.90 Å². The van der Waals surface area contributed by atoms with Crippen LogP contribution in [0.3, 0.4) is 0 Å². The lowest BCUT2D eigenvalue weighted by Crippen LogP contribution is -2.44. The number of amides is 1. The number of aliphatic hydroxyl groups is 1. The number of guanidine groups is 1. The second kappa shape index (κ2) is 10.6. The molecular formula is C26H37N7O2. The molecule has 0 unspecified atom stereocenters.